The van der Waals surface area contributed by atoms with Crippen molar-refractivity contribution in [3.05, 3.63) is 77.4 Å². The average Bonchev–Trinajstić information content (AvgIpc) is 3.05. The molecular weight excluding hydrogens is 328 g/mol. The van der Waals surface area contributed by atoms with E-state index >= 15 is 0 Å². The van der Waals surface area contributed by atoms with E-state index in [-0.39, 0.29) is 5.91 Å². The first kappa shape index (κ1) is 16.0. The molecule has 7 heteroatoms. The molecule has 2 heterocycles. The molecule has 128 valence electrons. The van der Waals surface area contributed by atoms with Crippen LogP contribution < -0.4 is 5.73 Å². The number of carbonyl (C=O) groups excluding carboxylic acids is 1. The van der Waals surface area contributed by atoms with E-state index in [9.17, 15) is 4.79 Å². The maximum atomic E-state index is 12.9. The summed E-state index contributed by atoms with van der Waals surface area (Å²) < 4.78 is 1.47. The Bertz CT molecular complexity index is 1030. The van der Waals surface area contributed by atoms with Crippen LogP contribution in [0.4, 0.5) is 5.69 Å². The molecule has 26 heavy (non-hydrogen) atoms. The number of nitrogens with two attached hydrogens (primary N) is 1. The summed E-state index contributed by atoms with van der Waals surface area (Å²) in [4.78, 5) is 21.6. The Morgan fingerprint density at radius 2 is 1.85 bits per heavy atom. The molecule has 3 N–H and O–H groups in total. The first-order valence-electron chi connectivity index (χ1n) is 8.18. The van der Waals surface area contributed by atoms with Crippen molar-refractivity contribution in [1.29, 1.82) is 0 Å². The van der Waals surface area contributed by atoms with Crippen LogP contribution in [0.15, 0.2) is 59.6 Å². The number of nitrogens with one attached hydrogen (secondary N) is 1. The highest BCUT2D eigenvalue weighted by atomic mass is 16.2. The van der Waals surface area contributed by atoms with Gasteiger partial charge in [-0.15, -0.1) is 9.67 Å². The SMILES string of the molecule is Cc1nc(C=[N+]2C(=O)C(N)N=C(c3ccccc3)c3ccccc32)n[nH]1. The van der Waals surface area contributed by atoms with E-state index in [1.807, 2.05) is 54.6 Å². The number of rotatable bonds is 2. The van der Waals surface area contributed by atoms with Crippen molar-refractivity contribution in [3.63, 3.8) is 0 Å². The van der Waals surface area contributed by atoms with Gasteiger partial charge in [-0.2, -0.15) is 0 Å². The molecule has 1 unspecified atom stereocenters. The lowest BCUT2D eigenvalue weighted by Crippen LogP contribution is -2.35. The molecule has 2 aromatic carbocycles. The molecule has 0 spiro atoms. The van der Waals surface area contributed by atoms with Gasteiger partial charge in [0.05, 0.1) is 11.3 Å². The number of amides is 1. The van der Waals surface area contributed by atoms with Gasteiger partial charge in [0, 0.05) is 11.6 Å². The Balaban J connectivity index is 1.93. The summed E-state index contributed by atoms with van der Waals surface area (Å²) in [5.74, 6) is 0.726. The van der Waals surface area contributed by atoms with Crippen molar-refractivity contribution in [2.75, 3.05) is 0 Å². The van der Waals surface area contributed by atoms with Gasteiger partial charge < -0.3 is 0 Å². The molecule has 1 aromatic heterocycles. The van der Waals surface area contributed by atoms with Crippen LogP contribution in [-0.4, -0.2) is 43.8 Å². The molecule has 0 radical (unpaired) electrons. The van der Waals surface area contributed by atoms with Crippen LogP contribution in [0.3, 0.4) is 0 Å². The quantitative estimate of drug-likeness (QED) is 0.688. The van der Waals surface area contributed by atoms with Crippen LogP contribution in [0.2, 0.25) is 0 Å². The zero-order valence-electron chi connectivity index (χ0n) is 14.1. The molecule has 1 atom stereocenters. The maximum Gasteiger partial charge on any atom is 0.431 e. The number of carbonyl (C=O) groups is 1. The number of fused-ring (bicyclic) bond motifs is 1. The highest BCUT2D eigenvalue weighted by Crippen LogP contribution is 2.26. The molecular formula is C19H17N6O+. The number of benzodiazepines with no additional fused rings is 1. The van der Waals surface area contributed by atoms with Gasteiger partial charge >= 0.3 is 5.91 Å². The lowest BCUT2D eigenvalue weighted by Gasteiger charge is -2.06. The van der Waals surface area contributed by atoms with E-state index in [1.165, 1.54) is 4.58 Å². The summed E-state index contributed by atoms with van der Waals surface area (Å²) in [6.07, 6.45) is 0.558. The van der Waals surface area contributed by atoms with Crippen LogP contribution >= 0.6 is 0 Å². The van der Waals surface area contributed by atoms with E-state index in [0.717, 1.165) is 11.1 Å². The number of benzene rings is 2. The van der Waals surface area contributed by atoms with Gasteiger partial charge in [-0.1, -0.05) is 42.5 Å². The molecule has 0 aliphatic carbocycles. The second kappa shape index (κ2) is 6.45. The summed E-state index contributed by atoms with van der Waals surface area (Å²) in [6.45, 7) is 1.80. The van der Waals surface area contributed by atoms with E-state index in [1.54, 1.807) is 13.1 Å². The predicted molar refractivity (Wildman–Crippen MR) is 97.7 cm³/mol. The Kier molecular flexibility index (Phi) is 3.98. The first-order chi connectivity index (χ1) is 12.6. The second-order valence-corrected chi connectivity index (χ2v) is 5.92. The lowest BCUT2D eigenvalue weighted by molar-refractivity contribution is -0.363. The standard InChI is InChI=1S/C19H16N6O/c1-12-21-16(24-23-12)11-25-15-10-6-5-9-14(15)17(22-18(20)19(25)26)13-7-3-2-4-8-13/h2-11,18H,20H2,1H3/p+1. The van der Waals surface area contributed by atoms with Gasteiger partial charge in [0.15, 0.2) is 0 Å². The Labute approximate surface area is 149 Å². The molecule has 0 fully saturated rings. The van der Waals surface area contributed by atoms with E-state index in [4.69, 9.17) is 5.73 Å². The van der Waals surface area contributed by atoms with Crippen LogP contribution in [0.25, 0.3) is 0 Å². The first-order valence-corrected chi connectivity index (χ1v) is 8.18. The Hall–Kier alpha value is -3.45. The number of aryl methyl sites for hydroxylation is 1. The number of hydrogen-bond donors (Lipinski definition) is 2. The monoisotopic (exact) mass is 345 g/mol. The molecule has 0 saturated heterocycles. The summed E-state index contributed by atoms with van der Waals surface area (Å²) in [5.41, 5.74) is 9.19. The Morgan fingerprint density at radius 3 is 2.58 bits per heavy atom. The zero-order valence-corrected chi connectivity index (χ0v) is 14.1. The number of aromatic nitrogens is 3. The third kappa shape index (κ3) is 2.84. The fourth-order valence-corrected chi connectivity index (χ4v) is 2.90. The summed E-state index contributed by atoms with van der Waals surface area (Å²) in [6, 6.07) is 17.3. The molecule has 3 aromatic rings. The van der Waals surface area contributed by atoms with Crippen LogP contribution in [0.5, 0.6) is 0 Å². The topological polar surface area (TPSA) is 100 Å². The van der Waals surface area contributed by atoms with Gasteiger partial charge in [0.2, 0.25) is 23.9 Å². The third-order valence-corrected chi connectivity index (χ3v) is 4.08. The fraction of sp³-hybridized carbons (Fsp3) is 0.105. The zero-order chi connectivity index (χ0) is 18.1. The van der Waals surface area contributed by atoms with Crippen molar-refractivity contribution in [1.82, 2.24) is 15.2 Å². The fourth-order valence-electron chi connectivity index (χ4n) is 2.90. The minimum absolute atomic E-state index is 0.342. The summed E-state index contributed by atoms with van der Waals surface area (Å²) >= 11 is 0. The van der Waals surface area contributed by atoms with E-state index < -0.39 is 6.17 Å². The number of aliphatic imine (C=N–C) groups is 1. The average molecular weight is 345 g/mol. The number of H-pyrrole nitrogens is 1. The predicted octanol–water partition coefficient (Wildman–Crippen LogP) is 1.54. The minimum atomic E-state index is -1.02. The van der Waals surface area contributed by atoms with Crippen molar-refractivity contribution in [2.24, 2.45) is 10.7 Å². The summed E-state index contributed by atoms with van der Waals surface area (Å²) in [5, 5.41) is 6.85. The molecule has 7 nitrogen and oxygen atoms in total. The van der Waals surface area contributed by atoms with Crippen LogP contribution in [0.1, 0.15) is 22.8 Å². The molecule has 1 amide bonds. The van der Waals surface area contributed by atoms with Crippen molar-refractivity contribution >= 4 is 23.5 Å². The molecule has 0 saturated carbocycles. The second-order valence-electron chi connectivity index (χ2n) is 5.92. The molecule has 1 aliphatic rings. The maximum absolute atomic E-state index is 12.9. The number of hydrogen-bond acceptors (Lipinski definition) is 5. The summed E-state index contributed by atoms with van der Waals surface area (Å²) in [7, 11) is 0. The smallest absolute Gasteiger partial charge is 0.298 e. The molecule has 1 aliphatic heterocycles. The number of nitrogens with zero attached hydrogens (tertiary/aromatic N) is 4. The van der Waals surface area contributed by atoms with E-state index in [2.05, 4.69) is 20.2 Å². The number of aromatic amines is 1. The highest BCUT2D eigenvalue weighted by Gasteiger charge is 2.35. The number of para-hydroxylation sites is 1. The molecule has 4 rings (SSSR count). The van der Waals surface area contributed by atoms with Crippen molar-refractivity contribution < 1.29 is 9.37 Å². The normalized spacial score (nSPS) is 18.4. The van der Waals surface area contributed by atoms with Gasteiger partial charge in [-0.05, 0) is 13.0 Å². The van der Waals surface area contributed by atoms with Gasteiger partial charge in [0.25, 0.3) is 0 Å². The van der Waals surface area contributed by atoms with Gasteiger partial charge in [0.1, 0.15) is 5.82 Å². The van der Waals surface area contributed by atoms with Crippen molar-refractivity contribution in [2.45, 2.75) is 13.1 Å². The highest BCUT2D eigenvalue weighted by molar-refractivity contribution is 6.16. The van der Waals surface area contributed by atoms with Crippen LogP contribution in [-0.2, 0) is 4.79 Å². The van der Waals surface area contributed by atoms with Gasteiger partial charge in [-0.3, -0.25) is 10.8 Å². The minimum Gasteiger partial charge on any atom is -0.298 e. The van der Waals surface area contributed by atoms with Gasteiger partial charge in [-0.25, -0.2) is 14.8 Å². The lowest BCUT2D eigenvalue weighted by atomic mass is 10.0. The molecule has 0 bridgehead atoms. The van der Waals surface area contributed by atoms with E-state index in [0.29, 0.717) is 23.0 Å². The third-order valence-electron chi connectivity index (χ3n) is 4.08. The van der Waals surface area contributed by atoms with Crippen LogP contribution in [0, 0.1) is 6.92 Å². The largest absolute Gasteiger partial charge is 0.431 e. The van der Waals surface area contributed by atoms with Crippen molar-refractivity contribution in [3.8, 4) is 0 Å². The Morgan fingerprint density at radius 1 is 1.12 bits per heavy atom.